The third-order valence-electron chi connectivity index (χ3n) is 5.50. The van der Waals surface area contributed by atoms with Crippen LogP contribution in [0.25, 0.3) is 0 Å². The zero-order chi connectivity index (χ0) is 28.4. The van der Waals surface area contributed by atoms with Crippen LogP contribution in [0, 0.1) is 0 Å². The molecule has 2 aliphatic rings. The summed E-state index contributed by atoms with van der Waals surface area (Å²) in [5.74, 6) is -3.81. The van der Waals surface area contributed by atoms with E-state index >= 15 is 0 Å². The number of ether oxygens (including phenoxy) is 5. The first kappa shape index (κ1) is 28.6. The molecule has 0 bridgehead atoms. The Bertz CT molecular complexity index is 1110. The number of fused-ring (bicyclic) bond motifs is 1. The van der Waals surface area contributed by atoms with E-state index < -0.39 is 78.6 Å². The zero-order valence-electron chi connectivity index (χ0n) is 21.8. The summed E-state index contributed by atoms with van der Waals surface area (Å²) in [5, 5.41) is 2.46. The van der Waals surface area contributed by atoms with Crippen molar-refractivity contribution in [1.29, 1.82) is 0 Å². The van der Waals surface area contributed by atoms with Gasteiger partial charge in [-0.05, 0) is 32.9 Å². The fraction of sp³-hybridized carbons (Fsp3) is 0.520. The number of alkyl carbamates (subject to hydrolysis) is 1. The molecule has 3 amide bonds. The van der Waals surface area contributed by atoms with Crippen LogP contribution in [0.3, 0.4) is 0 Å². The molecule has 0 unspecified atom stereocenters. The Morgan fingerprint density at radius 1 is 0.895 bits per heavy atom. The van der Waals surface area contributed by atoms with Gasteiger partial charge in [-0.3, -0.25) is 34.2 Å². The minimum atomic E-state index is -1.52. The van der Waals surface area contributed by atoms with Crippen molar-refractivity contribution >= 4 is 35.8 Å². The Labute approximate surface area is 218 Å². The fourth-order valence-corrected chi connectivity index (χ4v) is 4.23. The summed E-state index contributed by atoms with van der Waals surface area (Å²) in [4.78, 5) is 76.1. The third-order valence-corrected chi connectivity index (χ3v) is 5.50. The Morgan fingerprint density at radius 2 is 1.42 bits per heavy atom. The van der Waals surface area contributed by atoms with Crippen LogP contribution in [0.15, 0.2) is 24.3 Å². The number of hydrogen-bond donors (Lipinski definition) is 1. The quantitative estimate of drug-likeness (QED) is 0.318. The predicted octanol–water partition coefficient (Wildman–Crippen LogP) is 1.33. The summed E-state index contributed by atoms with van der Waals surface area (Å²) >= 11 is 0. The molecule has 1 N–H and O–H groups in total. The van der Waals surface area contributed by atoms with Crippen molar-refractivity contribution in [2.24, 2.45) is 0 Å². The van der Waals surface area contributed by atoms with Crippen LogP contribution >= 0.6 is 0 Å². The summed E-state index contributed by atoms with van der Waals surface area (Å²) in [6.07, 6.45) is -6.71. The Morgan fingerprint density at radius 3 is 1.89 bits per heavy atom. The van der Waals surface area contributed by atoms with E-state index in [0.29, 0.717) is 0 Å². The van der Waals surface area contributed by atoms with Crippen molar-refractivity contribution in [3.8, 4) is 0 Å². The molecule has 2 heterocycles. The molecule has 1 aromatic carbocycles. The highest BCUT2D eigenvalue weighted by Gasteiger charge is 2.57. The maximum absolute atomic E-state index is 13.4. The van der Waals surface area contributed by atoms with E-state index in [4.69, 9.17) is 23.7 Å². The molecule has 1 aromatic rings. The highest BCUT2D eigenvalue weighted by molar-refractivity contribution is 6.21. The van der Waals surface area contributed by atoms with Gasteiger partial charge in [0.25, 0.3) is 11.8 Å². The van der Waals surface area contributed by atoms with E-state index in [-0.39, 0.29) is 11.1 Å². The van der Waals surface area contributed by atoms with Gasteiger partial charge in [0.1, 0.15) is 24.4 Å². The smallest absolute Gasteiger partial charge is 0.409 e. The molecule has 206 valence electrons. The lowest BCUT2D eigenvalue weighted by Crippen LogP contribution is -2.70. The second kappa shape index (κ2) is 11.2. The van der Waals surface area contributed by atoms with Gasteiger partial charge in [0, 0.05) is 20.8 Å². The Balaban J connectivity index is 2.12. The third kappa shape index (κ3) is 6.46. The zero-order valence-corrected chi connectivity index (χ0v) is 21.8. The molecule has 5 atom stereocenters. The van der Waals surface area contributed by atoms with Crippen molar-refractivity contribution in [3.05, 3.63) is 35.4 Å². The largest absolute Gasteiger partial charge is 0.463 e. The van der Waals surface area contributed by atoms with Gasteiger partial charge in [0.05, 0.1) is 11.1 Å². The lowest BCUT2D eigenvalue weighted by molar-refractivity contribution is -0.233. The summed E-state index contributed by atoms with van der Waals surface area (Å²) in [7, 11) is 0. The average molecular weight is 535 g/mol. The van der Waals surface area contributed by atoms with E-state index in [9.17, 15) is 28.8 Å². The molecule has 1 fully saturated rings. The summed E-state index contributed by atoms with van der Waals surface area (Å²) in [6, 6.07) is 4.53. The number of carbonyl (C=O) groups is 6. The van der Waals surface area contributed by atoms with Gasteiger partial charge in [-0.15, -0.1) is 0 Å². The van der Waals surface area contributed by atoms with Crippen LogP contribution in [0.2, 0.25) is 0 Å². The van der Waals surface area contributed by atoms with Crippen molar-refractivity contribution < 1.29 is 52.5 Å². The van der Waals surface area contributed by atoms with Crippen LogP contribution < -0.4 is 5.32 Å². The molecular formula is C25H30N2O11. The SMILES string of the molecule is CC(=O)OC[C@H]1O[C@@H](NC(=O)OC(C)(C)C)[C@H](N2C(=O)c3ccccc3C2=O)[C@@H](OC(C)=O)[C@@H]1OC(C)=O. The predicted molar refractivity (Wildman–Crippen MR) is 127 cm³/mol. The normalized spacial score (nSPS) is 24.8. The first-order valence-electron chi connectivity index (χ1n) is 11.8. The molecule has 0 spiro atoms. The molecule has 0 saturated carbocycles. The highest BCUT2D eigenvalue weighted by Crippen LogP contribution is 2.34. The number of nitrogens with zero attached hydrogens (tertiary/aromatic N) is 1. The van der Waals surface area contributed by atoms with Crippen molar-refractivity contribution in [2.75, 3.05) is 6.61 Å². The highest BCUT2D eigenvalue weighted by atomic mass is 16.6. The number of carbonyl (C=O) groups excluding carboxylic acids is 6. The number of nitrogens with one attached hydrogen (secondary N) is 1. The molecule has 13 nitrogen and oxygen atoms in total. The summed E-state index contributed by atoms with van der Waals surface area (Å²) < 4.78 is 27.2. The fourth-order valence-electron chi connectivity index (χ4n) is 4.23. The number of esters is 3. The maximum atomic E-state index is 13.4. The van der Waals surface area contributed by atoms with Gasteiger partial charge in [-0.2, -0.15) is 0 Å². The molecule has 0 aromatic heterocycles. The van der Waals surface area contributed by atoms with Gasteiger partial charge in [0.2, 0.25) is 0 Å². The molecule has 13 heteroatoms. The summed E-state index contributed by atoms with van der Waals surface area (Å²) in [6.45, 7) is 7.72. The first-order valence-corrected chi connectivity index (χ1v) is 11.8. The van der Waals surface area contributed by atoms with Crippen LogP contribution in [-0.4, -0.2) is 83.5 Å². The van der Waals surface area contributed by atoms with Crippen LogP contribution in [0.1, 0.15) is 62.3 Å². The van der Waals surface area contributed by atoms with Gasteiger partial charge in [-0.25, -0.2) is 4.79 Å². The van der Waals surface area contributed by atoms with Crippen molar-refractivity contribution in [3.63, 3.8) is 0 Å². The van der Waals surface area contributed by atoms with E-state index in [1.54, 1.807) is 32.9 Å². The van der Waals surface area contributed by atoms with Gasteiger partial charge >= 0.3 is 24.0 Å². The van der Waals surface area contributed by atoms with Crippen molar-refractivity contribution in [2.45, 2.75) is 77.7 Å². The maximum Gasteiger partial charge on any atom is 0.409 e. The van der Waals surface area contributed by atoms with Gasteiger partial charge in [-0.1, -0.05) is 12.1 Å². The standard InChI is InChI=1S/C25H30N2O11/c1-12(28)34-11-17-19(35-13(2)29)20(36-14(3)30)18(21(37-17)26-24(33)38-25(4,5)6)27-22(31)15-9-7-8-10-16(15)23(27)32/h7-10,17-21H,11H2,1-6H3,(H,26,33)/t17-,18-,19-,20-,21-/m1/s1. The second-order valence-electron chi connectivity index (χ2n) is 9.71. The molecule has 0 radical (unpaired) electrons. The molecule has 1 saturated heterocycles. The van der Waals surface area contributed by atoms with E-state index in [2.05, 4.69) is 5.32 Å². The molecular weight excluding hydrogens is 504 g/mol. The van der Waals surface area contributed by atoms with E-state index in [1.165, 1.54) is 12.1 Å². The lowest BCUT2D eigenvalue weighted by atomic mass is 9.93. The lowest BCUT2D eigenvalue weighted by Gasteiger charge is -2.47. The molecule has 3 rings (SSSR count). The average Bonchev–Trinajstić information content (AvgIpc) is 3.03. The molecule has 0 aliphatic carbocycles. The number of hydrogen-bond acceptors (Lipinski definition) is 11. The second-order valence-corrected chi connectivity index (χ2v) is 9.71. The number of benzene rings is 1. The number of imide groups is 1. The Hall–Kier alpha value is -4.00. The minimum absolute atomic E-state index is 0.0844. The van der Waals surface area contributed by atoms with Gasteiger partial charge in [0.15, 0.2) is 18.4 Å². The molecule has 2 aliphatic heterocycles. The van der Waals surface area contributed by atoms with Gasteiger partial charge < -0.3 is 23.7 Å². The monoisotopic (exact) mass is 534 g/mol. The van der Waals surface area contributed by atoms with Crippen LogP contribution in [0.5, 0.6) is 0 Å². The van der Waals surface area contributed by atoms with E-state index in [0.717, 1.165) is 25.7 Å². The summed E-state index contributed by atoms with van der Waals surface area (Å²) in [5.41, 5.74) is -0.751. The van der Waals surface area contributed by atoms with Crippen LogP contribution in [0.4, 0.5) is 4.79 Å². The minimum Gasteiger partial charge on any atom is -0.463 e. The number of amides is 3. The Kier molecular flexibility index (Phi) is 8.40. The topological polar surface area (TPSA) is 164 Å². The van der Waals surface area contributed by atoms with E-state index in [1.807, 2.05) is 0 Å². The first-order chi connectivity index (χ1) is 17.7. The number of rotatable bonds is 6. The van der Waals surface area contributed by atoms with Crippen molar-refractivity contribution in [1.82, 2.24) is 10.2 Å². The molecule has 38 heavy (non-hydrogen) atoms. The van der Waals surface area contributed by atoms with Crippen LogP contribution in [-0.2, 0) is 38.1 Å².